The predicted octanol–water partition coefficient (Wildman–Crippen LogP) is 5.34. The van der Waals surface area contributed by atoms with Crippen LogP contribution in [0.1, 0.15) is 31.2 Å². The maximum Gasteiger partial charge on any atom is 0.573 e. The highest BCUT2D eigenvalue weighted by Crippen LogP contribution is 2.59. The molecule has 1 unspecified atom stereocenters. The van der Waals surface area contributed by atoms with Crippen molar-refractivity contribution in [1.29, 1.82) is 0 Å². The molecule has 0 N–H and O–H groups in total. The molecular weight excluding hydrogens is 447 g/mol. The Labute approximate surface area is 183 Å². The van der Waals surface area contributed by atoms with Gasteiger partial charge in [-0.1, -0.05) is 24.3 Å². The van der Waals surface area contributed by atoms with E-state index in [1.807, 2.05) is 36.0 Å². The standard InChI is InChI=1S/C22H22F3NO3S2/c23-22(24,25)29-16-4-3-5-17(14-16)31(27,28)26-19-7-2-1-6-18(19)21(10-12-30-13-11-21)20(26)15-8-9-15/h1-7,14-15,20H,8-13H2. The fourth-order valence-corrected chi connectivity index (χ4v) is 8.26. The number of halogens is 3. The monoisotopic (exact) mass is 469 g/mol. The largest absolute Gasteiger partial charge is 0.573 e. The molecule has 0 aromatic heterocycles. The van der Waals surface area contributed by atoms with Gasteiger partial charge in [0.15, 0.2) is 0 Å². The first-order valence-electron chi connectivity index (χ1n) is 10.3. The van der Waals surface area contributed by atoms with E-state index in [4.69, 9.17) is 0 Å². The normalized spacial score (nSPS) is 23.1. The molecule has 4 nitrogen and oxygen atoms in total. The van der Waals surface area contributed by atoms with E-state index in [9.17, 15) is 21.6 Å². The molecule has 0 amide bonds. The van der Waals surface area contributed by atoms with Crippen LogP contribution >= 0.6 is 11.8 Å². The van der Waals surface area contributed by atoms with Gasteiger partial charge in [-0.2, -0.15) is 11.8 Å². The van der Waals surface area contributed by atoms with Crippen molar-refractivity contribution in [2.24, 2.45) is 5.92 Å². The Hall–Kier alpha value is -1.87. The highest BCUT2D eigenvalue weighted by atomic mass is 32.2. The first-order chi connectivity index (χ1) is 14.7. The third-order valence-electron chi connectivity index (χ3n) is 6.55. The SMILES string of the molecule is O=S(=O)(c1cccc(OC(F)(F)F)c1)N1c2ccccc2C2(CCSCC2)C1C1CC1. The molecule has 0 radical (unpaired) electrons. The second kappa shape index (κ2) is 7.33. The molecule has 2 aromatic carbocycles. The Morgan fingerprint density at radius 1 is 1.03 bits per heavy atom. The number of rotatable bonds is 4. The summed E-state index contributed by atoms with van der Waals surface area (Å²) in [6.07, 6.45) is -1.14. The van der Waals surface area contributed by atoms with Gasteiger partial charge in [0, 0.05) is 11.5 Å². The zero-order valence-corrected chi connectivity index (χ0v) is 18.3. The van der Waals surface area contributed by atoms with Gasteiger partial charge in [0.2, 0.25) is 0 Å². The van der Waals surface area contributed by atoms with Gasteiger partial charge in [-0.15, -0.1) is 13.2 Å². The van der Waals surface area contributed by atoms with Gasteiger partial charge in [0.05, 0.1) is 16.6 Å². The summed E-state index contributed by atoms with van der Waals surface area (Å²) in [5, 5.41) is 0. The van der Waals surface area contributed by atoms with E-state index in [1.165, 1.54) is 16.4 Å². The van der Waals surface area contributed by atoms with Crippen LogP contribution in [0.15, 0.2) is 53.4 Å². The van der Waals surface area contributed by atoms with Gasteiger partial charge in [0.1, 0.15) is 5.75 Å². The number of alkyl halides is 3. The van der Waals surface area contributed by atoms with Crippen LogP contribution in [0.2, 0.25) is 0 Å². The molecule has 0 bridgehead atoms. The number of ether oxygens (including phenoxy) is 1. The number of nitrogens with zero attached hydrogens (tertiary/aromatic N) is 1. The van der Waals surface area contributed by atoms with E-state index in [0.29, 0.717) is 5.69 Å². The molecule has 1 saturated carbocycles. The second-order valence-corrected chi connectivity index (χ2v) is 11.4. The first-order valence-corrected chi connectivity index (χ1v) is 12.9. The molecule has 5 rings (SSSR count). The zero-order chi connectivity index (χ0) is 21.9. The van der Waals surface area contributed by atoms with Gasteiger partial charge in [-0.05, 0) is 66.9 Å². The summed E-state index contributed by atoms with van der Waals surface area (Å²) in [4.78, 5) is -0.183. The van der Waals surface area contributed by atoms with Crippen molar-refractivity contribution in [2.45, 2.75) is 48.4 Å². The van der Waals surface area contributed by atoms with Crippen LogP contribution in [0.5, 0.6) is 5.75 Å². The van der Waals surface area contributed by atoms with Crippen LogP contribution in [0.3, 0.4) is 0 Å². The van der Waals surface area contributed by atoms with Gasteiger partial charge < -0.3 is 4.74 Å². The molecule has 2 aromatic rings. The number of hydrogen-bond donors (Lipinski definition) is 0. The lowest BCUT2D eigenvalue weighted by molar-refractivity contribution is -0.274. The van der Waals surface area contributed by atoms with E-state index in [0.717, 1.165) is 54.9 Å². The smallest absolute Gasteiger partial charge is 0.406 e. The topological polar surface area (TPSA) is 46.6 Å². The van der Waals surface area contributed by atoms with Crippen LogP contribution < -0.4 is 9.04 Å². The Kier molecular flexibility index (Phi) is 4.97. The Balaban J connectivity index is 1.63. The molecule has 2 fully saturated rings. The number of hydrogen-bond acceptors (Lipinski definition) is 4. The summed E-state index contributed by atoms with van der Waals surface area (Å²) in [5.41, 5.74) is 1.47. The third kappa shape index (κ3) is 3.59. The summed E-state index contributed by atoms with van der Waals surface area (Å²) < 4.78 is 71.3. The number of benzene rings is 2. The fraction of sp³-hybridized carbons (Fsp3) is 0.455. The fourth-order valence-electron chi connectivity index (χ4n) is 5.20. The van der Waals surface area contributed by atoms with Crippen LogP contribution in [-0.2, 0) is 15.4 Å². The van der Waals surface area contributed by atoms with Crippen LogP contribution in [-0.4, -0.2) is 32.3 Å². The lowest BCUT2D eigenvalue weighted by Crippen LogP contribution is -2.50. The van der Waals surface area contributed by atoms with E-state index >= 15 is 0 Å². The van der Waals surface area contributed by atoms with Crippen molar-refractivity contribution in [1.82, 2.24) is 0 Å². The van der Waals surface area contributed by atoms with Crippen LogP contribution in [0.25, 0.3) is 0 Å². The molecule has 31 heavy (non-hydrogen) atoms. The molecular formula is C22H22F3NO3S2. The Morgan fingerprint density at radius 2 is 1.74 bits per heavy atom. The minimum Gasteiger partial charge on any atom is -0.406 e. The second-order valence-electron chi connectivity index (χ2n) is 8.39. The lowest BCUT2D eigenvalue weighted by Gasteiger charge is -2.41. The van der Waals surface area contributed by atoms with E-state index in [1.54, 1.807) is 0 Å². The van der Waals surface area contributed by atoms with E-state index < -0.39 is 22.1 Å². The number of fused-ring (bicyclic) bond motifs is 2. The number of thioether (sulfide) groups is 1. The van der Waals surface area contributed by atoms with Gasteiger partial charge >= 0.3 is 6.36 Å². The summed E-state index contributed by atoms with van der Waals surface area (Å²) >= 11 is 1.89. The number of anilines is 1. The minimum atomic E-state index is -4.89. The van der Waals surface area contributed by atoms with Gasteiger partial charge in [0.25, 0.3) is 10.0 Å². The maximum absolute atomic E-state index is 13.9. The third-order valence-corrected chi connectivity index (χ3v) is 9.32. The van der Waals surface area contributed by atoms with Gasteiger partial charge in [-0.25, -0.2) is 8.42 Å². The molecule has 1 saturated heterocycles. The molecule has 2 heterocycles. The Morgan fingerprint density at radius 3 is 2.42 bits per heavy atom. The Bertz CT molecular complexity index is 1090. The molecule has 166 valence electrons. The molecule has 3 aliphatic rings. The van der Waals surface area contributed by atoms with Crippen molar-refractivity contribution < 1.29 is 26.3 Å². The molecule has 1 atom stereocenters. The van der Waals surface area contributed by atoms with E-state index in [2.05, 4.69) is 4.74 Å². The van der Waals surface area contributed by atoms with E-state index in [-0.39, 0.29) is 22.3 Å². The maximum atomic E-state index is 13.9. The summed E-state index contributed by atoms with van der Waals surface area (Å²) in [7, 11) is -4.08. The van der Waals surface area contributed by atoms with Crippen molar-refractivity contribution in [3.63, 3.8) is 0 Å². The number of sulfonamides is 1. The van der Waals surface area contributed by atoms with Crippen molar-refractivity contribution >= 4 is 27.5 Å². The molecule has 9 heteroatoms. The molecule has 1 spiro atoms. The molecule has 2 aliphatic heterocycles. The van der Waals surface area contributed by atoms with Gasteiger partial charge in [-0.3, -0.25) is 4.31 Å². The van der Waals surface area contributed by atoms with Crippen LogP contribution in [0.4, 0.5) is 18.9 Å². The summed E-state index contributed by atoms with van der Waals surface area (Å²) in [6.45, 7) is 0. The van der Waals surface area contributed by atoms with Crippen LogP contribution in [0, 0.1) is 5.92 Å². The van der Waals surface area contributed by atoms with Crippen molar-refractivity contribution in [3.8, 4) is 5.75 Å². The highest BCUT2D eigenvalue weighted by Gasteiger charge is 2.59. The first kappa shape index (κ1) is 21.0. The quantitative estimate of drug-likeness (QED) is 0.607. The number of para-hydroxylation sites is 1. The minimum absolute atomic E-state index is 0.183. The highest BCUT2D eigenvalue weighted by molar-refractivity contribution is 7.99. The summed E-state index contributed by atoms with van der Waals surface area (Å²) in [5.74, 6) is 1.67. The van der Waals surface area contributed by atoms with Crippen molar-refractivity contribution in [2.75, 3.05) is 15.8 Å². The van der Waals surface area contributed by atoms with Crippen molar-refractivity contribution in [3.05, 3.63) is 54.1 Å². The zero-order valence-electron chi connectivity index (χ0n) is 16.6. The average molecular weight is 470 g/mol. The lowest BCUT2D eigenvalue weighted by atomic mass is 9.70. The average Bonchev–Trinajstić information content (AvgIpc) is 3.52. The molecule has 1 aliphatic carbocycles. The summed E-state index contributed by atoms with van der Waals surface area (Å²) in [6, 6.07) is 12.1. The predicted molar refractivity (Wildman–Crippen MR) is 114 cm³/mol.